The summed E-state index contributed by atoms with van der Waals surface area (Å²) >= 11 is 0. The largest absolute Gasteiger partial charge is 0.433 e. The van der Waals surface area contributed by atoms with Crippen LogP contribution in [0.4, 0.5) is 11.6 Å². The molecular weight excluding hydrogens is 434 g/mol. The van der Waals surface area contributed by atoms with E-state index in [0.717, 1.165) is 12.3 Å². The van der Waals surface area contributed by atoms with Gasteiger partial charge in [0.05, 0.1) is 17.2 Å². The Balaban J connectivity index is 1.83. The molecule has 2 N–H and O–H groups in total. The number of nitrogens with zero attached hydrogens (tertiary/aromatic N) is 3. The molecule has 0 atom stereocenters. The Labute approximate surface area is 185 Å². The number of carbonyl (C=O) groups is 2. The van der Waals surface area contributed by atoms with Gasteiger partial charge in [-0.15, -0.1) is 0 Å². The lowest BCUT2D eigenvalue weighted by Gasteiger charge is -2.09. The number of hydrazone groups is 1. The van der Waals surface area contributed by atoms with E-state index in [1.807, 2.05) is 0 Å². The van der Waals surface area contributed by atoms with Crippen molar-refractivity contribution in [1.82, 2.24) is 10.7 Å². The van der Waals surface area contributed by atoms with Gasteiger partial charge in [0.15, 0.2) is 5.76 Å². The Kier molecular flexibility index (Phi) is 7.01. The van der Waals surface area contributed by atoms with Gasteiger partial charge in [-0.1, -0.05) is 30.3 Å². The van der Waals surface area contributed by atoms with E-state index >= 15 is 0 Å². The van der Waals surface area contributed by atoms with Crippen LogP contribution in [-0.4, -0.2) is 27.9 Å². The average Bonchev–Trinajstić information content (AvgIpc) is 3.28. The summed E-state index contributed by atoms with van der Waals surface area (Å²) in [6.07, 6.45) is 2.28. The molecule has 3 aromatic rings. The molecule has 0 aliphatic carbocycles. The Hall–Kier alpha value is -5.13. The minimum atomic E-state index is -0.844. The van der Waals surface area contributed by atoms with E-state index in [4.69, 9.17) is 4.42 Å². The highest BCUT2D eigenvalue weighted by molar-refractivity contribution is 6.05. The van der Waals surface area contributed by atoms with Gasteiger partial charge in [-0.05, 0) is 29.8 Å². The number of non-ortho nitro benzene ring substituents is 1. The van der Waals surface area contributed by atoms with Gasteiger partial charge < -0.3 is 9.73 Å². The fourth-order valence-electron chi connectivity index (χ4n) is 2.56. The molecule has 1 heterocycles. The highest BCUT2D eigenvalue weighted by Crippen LogP contribution is 2.16. The van der Waals surface area contributed by atoms with Gasteiger partial charge in [0.1, 0.15) is 10.6 Å². The van der Waals surface area contributed by atoms with Crippen molar-refractivity contribution in [3.8, 4) is 0 Å². The first-order valence-corrected chi connectivity index (χ1v) is 9.23. The summed E-state index contributed by atoms with van der Waals surface area (Å²) in [6.45, 7) is 0. The SMILES string of the molecule is O=C(NN=Cc1ccc([N+](=O)[O-])o1)C(=Cc1cccc([N+](=O)[O-])c1)NC(=O)c1ccccc1. The van der Waals surface area contributed by atoms with Crippen molar-refractivity contribution in [3.63, 3.8) is 0 Å². The molecule has 0 unspecified atom stereocenters. The van der Waals surface area contributed by atoms with Crippen LogP contribution >= 0.6 is 0 Å². The molecule has 12 nitrogen and oxygen atoms in total. The van der Waals surface area contributed by atoms with Crippen molar-refractivity contribution < 1.29 is 23.9 Å². The first-order valence-electron chi connectivity index (χ1n) is 9.23. The number of carbonyl (C=O) groups excluding carboxylic acids is 2. The zero-order valence-corrected chi connectivity index (χ0v) is 16.7. The molecule has 0 spiro atoms. The quantitative estimate of drug-likeness (QED) is 0.230. The molecule has 12 heteroatoms. The van der Waals surface area contributed by atoms with Crippen molar-refractivity contribution >= 4 is 35.7 Å². The molecule has 0 fully saturated rings. The minimum absolute atomic E-state index is 0.0135. The molecule has 0 saturated heterocycles. The third-order valence-electron chi connectivity index (χ3n) is 4.07. The fraction of sp³-hybridized carbons (Fsp3) is 0. The fourth-order valence-corrected chi connectivity index (χ4v) is 2.56. The summed E-state index contributed by atoms with van der Waals surface area (Å²) in [5.41, 5.74) is 2.29. The van der Waals surface area contributed by atoms with Crippen molar-refractivity contribution in [2.45, 2.75) is 0 Å². The number of nitrogens with one attached hydrogen (secondary N) is 2. The van der Waals surface area contributed by atoms with Crippen LogP contribution in [0.15, 0.2) is 81.9 Å². The van der Waals surface area contributed by atoms with Gasteiger partial charge in [0.25, 0.3) is 17.5 Å². The van der Waals surface area contributed by atoms with Gasteiger partial charge in [0.2, 0.25) is 0 Å². The maximum Gasteiger partial charge on any atom is 0.433 e. The van der Waals surface area contributed by atoms with Gasteiger partial charge in [-0.25, -0.2) is 5.43 Å². The summed E-state index contributed by atoms with van der Waals surface area (Å²) < 4.78 is 4.89. The maximum absolute atomic E-state index is 12.7. The summed E-state index contributed by atoms with van der Waals surface area (Å²) in [7, 11) is 0. The Morgan fingerprint density at radius 1 is 0.939 bits per heavy atom. The summed E-state index contributed by atoms with van der Waals surface area (Å²) in [4.78, 5) is 45.5. The highest BCUT2D eigenvalue weighted by Gasteiger charge is 2.16. The second kappa shape index (κ2) is 10.3. The van der Waals surface area contributed by atoms with Crippen LogP contribution in [0, 0.1) is 20.2 Å². The molecule has 0 aliphatic rings. The smallest absolute Gasteiger partial charge is 0.400 e. The number of benzene rings is 2. The van der Waals surface area contributed by atoms with E-state index in [-0.39, 0.29) is 28.3 Å². The summed E-state index contributed by atoms with van der Waals surface area (Å²) in [6, 6.07) is 16.0. The molecule has 0 aliphatic heterocycles. The number of rotatable bonds is 8. The molecule has 1 aromatic heterocycles. The normalized spacial score (nSPS) is 11.2. The molecule has 2 aromatic carbocycles. The van der Waals surface area contributed by atoms with E-state index in [2.05, 4.69) is 15.8 Å². The van der Waals surface area contributed by atoms with Crippen LogP contribution < -0.4 is 10.7 Å². The monoisotopic (exact) mass is 449 g/mol. The number of hydrogen-bond donors (Lipinski definition) is 2. The average molecular weight is 449 g/mol. The maximum atomic E-state index is 12.7. The van der Waals surface area contributed by atoms with Gasteiger partial charge in [0, 0.05) is 17.7 Å². The number of furan rings is 1. The lowest BCUT2D eigenvalue weighted by molar-refractivity contribution is -0.402. The number of nitro benzene ring substituents is 1. The van der Waals surface area contributed by atoms with Crippen LogP contribution in [0.5, 0.6) is 0 Å². The van der Waals surface area contributed by atoms with Crippen molar-refractivity contribution in [3.05, 3.63) is 110 Å². The lowest BCUT2D eigenvalue weighted by Crippen LogP contribution is -2.32. The Morgan fingerprint density at radius 3 is 2.36 bits per heavy atom. The number of nitro groups is 2. The molecular formula is C21H15N5O7. The number of hydrogen-bond acceptors (Lipinski definition) is 8. The van der Waals surface area contributed by atoms with Crippen molar-refractivity contribution in [2.24, 2.45) is 5.10 Å². The zero-order chi connectivity index (χ0) is 23.8. The predicted molar refractivity (Wildman–Crippen MR) is 116 cm³/mol. The topological polar surface area (TPSA) is 170 Å². The van der Waals surface area contributed by atoms with Crippen LogP contribution in [0.2, 0.25) is 0 Å². The van der Waals surface area contributed by atoms with Crippen LogP contribution in [-0.2, 0) is 4.79 Å². The van der Waals surface area contributed by atoms with Crippen LogP contribution in [0.3, 0.4) is 0 Å². The van der Waals surface area contributed by atoms with E-state index in [9.17, 15) is 29.8 Å². The highest BCUT2D eigenvalue weighted by atomic mass is 16.6. The first kappa shape index (κ1) is 22.6. The molecule has 2 amide bonds. The van der Waals surface area contributed by atoms with Crippen molar-refractivity contribution in [1.29, 1.82) is 0 Å². The van der Waals surface area contributed by atoms with Crippen LogP contribution in [0.1, 0.15) is 21.7 Å². The second-order valence-electron chi connectivity index (χ2n) is 6.36. The lowest BCUT2D eigenvalue weighted by atomic mass is 10.1. The standard InChI is InChI=1S/C21H15N5O7/c27-20(15-6-2-1-3-7-15)23-18(12-14-5-4-8-16(11-14)25(29)30)21(28)24-22-13-17-9-10-19(33-17)26(31)32/h1-13H,(H,23,27)(H,24,28). The number of amides is 2. The molecule has 33 heavy (non-hydrogen) atoms. The van der Waals surface area contributed by atoms with Crippen LogP contribution in [0.25, 0.3) is 6.08 Å². The molecule has 0 radical (unpaired) electrons. The molecule has 3 rings (SSSR count). The summed E-state index contributed by atoms with van der Waals surface area (Å²) in [5.74, 6) is -1.92. The van der Waals surface area contributed by atoms with Crippen molar-refractivity contribution in [2.75, 3.05) is 0 Å². The van der Waals surface area contributed by atoms with E-state index in [1.54, 1.807) is 30.3 Å². The third kappa shape index (κ3) is 6.18. The third-order valence-corrected chi connectivity index (χ3v) is 4.07. The van der Waals surface area contributed by atoms with Gasteiger partial charge in [-0.3, -0.25) is 29.8 Å². The second-order valence-corrected chi connectivity index (χ2v) is 6.36. The summed E-state index contributed by atoms with van der Waals surface area (Å²) in [5, 5.41) is 27.8. The van der Waals surface area contributed by atoms with E-state index in [0.29, 0.717) is 0 Å². The predicted octanol–water partition coefficient (Wildman–Crippen LogP) is 3.02. The van der Waals surface area contributed by atoms with Gasteiger partial charge in [-0.2, -0.15) is 5.10 Å². The molecule has 166 valence electrons. The first-order chi connectivity index (χ1) is 15.8. The molecule has 0 bridgehead atoms. The van der Waals surface area contributed by atoms with E-state index < -0.39 is 27.5 Å². The zero-order valence-electron chi connectivity index (χ0n) is 16.7. The van der Waals surface area contributed by atoms with E-state index in [1.165, 1.54) is 36.4 Å². The Bertz CT molecular complexity index is 1260. The molecule has 0 saturated carbocycles. The van der Waals surface area contributed by atoms with Gasteiger partial charge >= 0.3 is 5.88 Å². The minimum Gasteiger partial charge on any atom is -0.400 e. The Morgan fingerprint density at radius 2 is 1.70 bits per heavy atom.